The van der Waals surface area contributed by atoms with Crippen LogP contribution in [0.2, 0.25) is 5.02 Å². The predicted octanol–water partition coefficient (Wildman–Crippen LogP) is 4.47. The van der Waals surface area contributed by atoms with E-state index in [0.717, 1.165) is 34.8 Å². The van der Waals surface area contributed by atoms with Crippen LogP contribution >= 0.6 is 11.6 Å². The number of hydrogen-bond acceptors (Lipinski definition) is 5. The number of benzene rings is 1. The molecule has 0 unspecified atom stereocenters. The number of rotatable bonds is 4. The van der Waals surface area contributed by atoms with Gasteiger partial charge in [0.05, 0.1) is 46.4 Å². The van der Waals surface area contributed by atoms with Crippen molar-refractivity contribution >= 4 is 17.5 Å². The number of carbonyl (C=O) groups is 1. The first-order chi connectivity index (χ1) is 14.1. The summed E-state index contributed by atoms with van der Waals surface area (Å²) in [6, 6.07) is 12.9. The molecule has 4 rings (SSSR count). The van der Waals surface area contributed by atoms with Gasteiger partial charge in [-0.2, -0.15) is 0 Å². The van der Waals surface area contributed by atoms with E-state index in [9.17, 15) is 4.79 Å². The highest BCUT2D eigenvalue weighted by atomic mass is 35.5. The molecule has 150 valence electrons. The van der Waals surface area contributed by atoms with E-state index in [1.807, 2.05) is 44.2 Å². The zero-order chi connectivity index (χ0) is 20.4. The Hall–Kier alpha value is -2.70. The Balaban J connectivity index is 1.58. The van der Waals surface area contributed by atoms with Crippen LogP contribution in [0.1, 0.15) is 40.5 Å². The van der Waals surface area contributed by atoms with Gasteiger partial charge in [-0.3, -0.25) is 4.79 Å². The third-order valence-corrected chi connectivity index (χ3v) is 5.40. The van der Waals surface area contributed by atoms with Crippen LogP contribution in [0.25, 0.3) is 11.3 Å². The fourth-order valence-electron chi connectivity index (χ4n) is 3.57. The molecule has 0 N–H and O–H groups in total. The van der Waals surface area contributed by atoms with Gasteiger partial charge in [-0.05, 0) is 31.2 Å². The van der Waals surface area contributed by atoms with Crippen LogP contribution in [-0.2, 0) is 11.2 Å². The summed E-state index contributed by atoms with van der Waals surface area (Å²) in [6.45, 7) is 5.32. The molecule has 1 saturated heterocycles. The minimum atomic E-state index is -0.305. The molecule has 1 fully saturated rings. The van der Waals surface area contributed by atoms with E-state index >= 15 is 0 Å². The van der Waals surface area contributed by atoms with E-state index in [-0.39, 0.29) is 12.0 Å². The molecule has 0 bridgehead atoms. The summed E-state index contributed by atoms with van der Waals surface area (Å²) in [7, 11) is 0. The maximum atomic E-state index is 12.9. The molecule has 3 aromatic rings. The Morgan fingerprint density at radius 2 is 2.07 bits per heavy atom. The molecule has 0 saturated carbocycles. The number of amides is 1. The molecule has 0 aliphatic carbocycles. The second-order valence-electron chi connectivity index (χ2n) is 6.96. The Kier molecular flexibility index (Phi) is 5.65. The minimum Gasteiger partial charge on any atom is -0.368 e. The number of carbonyl (C=O) groups excluding carboxylic acids is 1. The van der Waals surface area contributed by atoms with Gasteiger partial charge in [0.15, 0.2) is 0 Å². The summed E-state index contributed by atoms with van der Waals surface area (Å²) in [5.74, 6) is 0.718. The Bertz CT molecular complexity index is 1030. The number of aromatic nitrogens is 2. The fraction of sp³-hybridized carbons (Fsp3) is 0.318. The van der Waals surface area contributed by atoms with Crippen molar-refractivity contribution < 1.29 is 14.1 Å². The van der Waals surface area contributed by atoms with Gasteiger partial charge in [-0.1, -0.05) is 41.9 Å². The molecule has 0 spiro atoms. The van der Waals surface area contributed by atoms with Gasteiger partial charge in [0.1, 0.15) is 11.9 Å². The Labute approximate surface area is 174 Å². The lowest BCUT2D eigenvalue weighted by Gasteiger charge is -2.33. The van der Waals surface area contributed by atoms with Crippen molar-refractivity contribution in [2.24, 2.45) is 0 Å². The number of morpholine rings is 1. The van der Waals surface area contributed by atoms with Gasteiger partial charge in [-0.25, -0.2) is 4.98 Å². The van der Waals surface area contributed by atoms with Crippen molar-refractivity contribution in [3.8, 4) is 11.3 Å². The van der Waals surface area contributed by atoms with Crippen molar-refractivity contribution in [1.29, 1.82) is 0 Å². The smallest absolute Gasteiger partial charge is 0.255 e. The zero-order valence-electron chi connectivity index (χ0n) is 16.4. The molecule has 1 amide bonds. The number of nitrogens with zero attached hydrogens (tertiary/aromatic N) is 3. The highest BCUT2D eigenvalue weighted by Gasteiger charge is 2.28. The molecule has 0 radical (unpaired) electrons. The summed E-state index contributed by atoms with van der Waals surface area (Å²) in [5.41, 5.74) is 3.82. The van der Waals surface area contributed by atoms with Crippen molar-refractivity contribution in [2.45, 2.75) is 26.4 Å². The normalized spacial score (nSPS) is 16.8. The number of ether oxygens (including phenoxy) is 1. The largest absolute Gasteiger partial charge is 0.368 e. The lowest BCUT2D eigenvalue weighted by molar-refractivity contribution is -0.0246. The third kappa shape index (κ3) is 3.91. The quantitative estimate of drug-likeness (QED) is 0.633. The molecule has 2 aromatic heterocycles. The van der Waals surface area contributed by atoms with Crippen molar-refractivity contribution in [1.82, 2.24) is 15.0 Å². The van der Waals surface area contributed by atoms with Gasteiger partial charge in [0.2, 0.25) is 0 Å². The Morgan fingerprint density at radius 3 is 2.86 bits per heavy atom. The average molecular weight is 412 g/mol. The van der Waals surface area contributed by atoms with Crippen molar-refractivity contribution in [2.75, 3.05) is 19.7 Å². The maximum Gasteiger partial charge on any atom is 0.255 e. The van der Waals surface area contributed by atoms with Crippen LogP contribution in [0.3, 0.4) is 0 Å². The predicted molar refractivity (Wildman–Crippen MR) is 110 cm³/mol. The van der Waals surface area contributed by atoms with Gasteiger partial charge in [-0.15, -0.1) is 0 Å². The Morgan fingerprint density at radius 1 is 1.24 bits per heavy atom. The van der Waals surface area contributed by atoms with E-state index in [4.69, 9.17) is 25.8 Å². The third-order valence-electron chi connectivity index (χ3n) is 5.07. The number of pyridine rings is 1. The zero-order valence-corrected chi connectivity index (χ0v) is 17.1. The number of halogens is 1. The van der Waals surface area contributed by atoms with E-state index in [1.54, 1.807) is 17.0 Å². The lowest BCUT2D eigenvalue weighted by Crippen LogP contribution is -2.42. The first-order valence-corrected chi connectivity index (χ1v) is 10.0. The highest BCUT2D eigenvalue weighted by Crippen LogP contribution is 2.29. The topological polar surface area (TPSA) is 68.5 Å². The van der Waals surface area contributed by atoms with Crippen LogP contribution in [-0.4, -0.2) is 40.6 Å². The van der Waals surface area contributed by atoms with Crippen LogP contribution in [0.5, 0.6) is 0 Å². The van der Waals surface area contributed by atoms with E-state index in [0.29, 0.717) is 30.3 Å². The molecular weight excluding hydrogens is 390 g/mol. The summed E-state index contributed by atoms with van der Waals surface area (Å²) >= 11 is 6.21. The van der Waals surface area contributed by atoms with Gasteiger partial charge in [0.25, 0.3) is 5.91 Å². The van der Waals surface area contributed by atoms with Gasteiger partial charge < -0.3 is 14.2 Å². The first-order valence-electron chi connectivity index (χ1n) is 9.66. The van der Waals surface area contributed by atoms with Crippen molar-refractivity contribution in [3.63, 3.8) is 0 Å². The monoisotopic (exact) mass is 411 g/mol. The van der Waals surface area contributed by atoms with Crippen LogP contribution in [0.15, 0.2) is 47.0 Å². The number of aryl methyl sites for hydroxylation is 2. The molecule has 3 heterocycles. The standard InChI is InChI=1S/C22H22ClN3O3/c1-3-19-21(14(2)25-29-19)18-10-6-9-17(24-18)20-13-26(11-12-28-20)22(27)15-7-4-5-8-16(15)23/h4-10,20H,3,11-13H2,1-2H3/t20-/m1/s1. The van der Waals surface area contributed by atoms with E-state index in [2.05, 4.69) is 5.16 Å². The minimum absolute atomic E-state index is 0.0943. The number of hydrogen-bond donors (Lipinski definition) is 0. The van der Waals surface area contributed by atoms with Crippen LogP contribution in [0.4, 0.5) is 0 Å². The molecule has 29 heavy (non-hydrogen) atoms. The molecule has 1 aliphatic heterocycles. The fourth-order valence-corrected chi connectivity index (χ4v) is 3.79. The summed E-state index contributed by atoms with van der Waals surface area (Å²) in [4.78, 5) is 19.5. The summed E-state index contributed by atoms with van der Waals surface area (Å²) < 4.78 is 11.3. The average Bonchev–Trinajstić information content (AvgIpc) is 3.14. The molecule has 7 heteroatoms. The van der Waals surface area contributed by atoms with Crippen LogP contribution in [0, 0.1) is 6.92 Å². The second kappa shape index (κ2) is 8.35. The second-order valence-corrected chi connectivity index (χ2v) is 7.37. The molecular formula is C22H22ClN3O3. The van der Waals surface area contributed by atoms with Gasteiger partial charge in [0, 0.05) is 13.0 Å². The molecule has 1 aliphatic rings. The lowest BCUT2D eigenvalue weighted by atomic mass is 10.1. The molecule has 1 aromatic carbocycles. The SMILES string of the molecule is CCc1onc(C)c1-c1cccc([C@H]2CN(C(=O)c3ccccc3Cl)CCO2)n1. The van der Waals surface area contributed by atoms with Crippen LogP contribution < -0.4 is 0 Å². The van der Waals surface area contributed by atoms with Gasteiger partial charge >= 0.3 is 0 Å². The summed E-state index contributed by atoms with van der Waals surface area (Å²) in [6.07, 6.45) is 0.433. The van der Waals surface area contributed by atoms with E-state index < -0.39 is 0 Å². The van der Waals surface area contributed by atoms with E-state index in [1.165, 1.54) is 0 Å². The maximum absolute atomic E-state index is 12.9. The molecule has 1 atom stereocenters. The molecule has 6 nitrogen and oxygen atoms in total. The van der Waals surface area contributed by atoms with Crippen molar-refractivity contribution in [3.05, 3.63) is 70.2 Å². The highest BCUT2D eigenvalue weighted by molar-refractivity contribution is 6.33. The summed E-state index contributed by atoms with van der Waals surface area (Å²) in [5, 5.41) is 4.53. The first kappa shape index (κ1) is 19.6.